The highest BCUT2D eigenvalue weighted by Crippen LogP contribution is 2.02. The normalized spacial score (nSPS) is 10.1. The minimum absolute atomic E-state index is 0.180. The van der Waals surface area contributed by atoms with Crippen LogP contribution in [0, 0.1) is 0 Å². The Hall–Kier alpha value is -1.95. The third-order valence-electron chi connectivity index (χ3n) is 1.81. The number of hydrogen-bond acceptors (Lipinski definition) is 4. The van der Waals surface area contributed by atoms with Gasteiger partial charge in [-0.05, 0) is 0 Å². The van der Waals surface area contributed by atoms with Crippen LogP contribution in [0.25, 0.3) is 0 Å². The van der Waals surface area contributed by atoms with Crippen molar-refractivity contribution < 1.29 is 4.79 Å². The number of carbonyl (C=O) groups is 1. The van der Waals surface area contributed by atoms with E-state index in [1.807, 2.05) is 0 Å². The Balaban J connectivity index is 1.98. The van der Waals surface area contributed by atoms with Gasteiger partial charge in [0.25, 0.3) is 5.91 Å². The predicted molar refractivity (Wildman–Crippen MR) is 56.8 cm³/mol. The number of halogens is 1. The highest BCUT2D eigenvalue weighted by molar-refractivity contribution is 6.29. The zero-order valence-electron chi connectivity index (χ0n) is 8.14. The fraction of sp³-hybridized carbons (Fsp3) is 0.111. The van der Waals surface area contributed by atoms with E-state index in [-0.39, 0.29) is 16.8 Å². The molecule has 0 saturated heterocycles. The third-order valence-corrected chi connectivity index (χ3v) is 1.99. The minimum Gasteiger partial charge on any atom is -0.347 e. The SMILES string of the molecule is O=C(NCc1ncc[nH]1)c1cncc(Cl)n1. The average Bonchev–Trinajstić information content (AvgIpc) is 2.78. The Morgan fingerprint density at radius 3 is 3.06 bits per heavy atom. The number of aromatic amines is 1. The van der Waals surface area contributed by atoms with Crippen molar-refractivity contribution in [2.24, 2.45) is 0 Å². The molecule has 6 nitrogen and oxygen atoms in total. The fourth-order valence-corrected chi connectivity index (χ4v) is 1.25. The Labute approximate surface area is 96.1 Å². The molecule has 0 saturated carbocycles. The van der Waals surface area contributed by atoms with Gasteiger partial charge in [0.2, 0.25) is 0 Å². The van der Waals surface area contributed by atoms with Gasteiger partial charge < -0.3 is 10.3 Å². The second-order valence-corrected chi connectivity index (χ2v) is 3.33. The summed E-state index contributed by atoms with van der Waals surface area (Å²) in [5, 5.41) is 2.82. The fourth-order valence-electron chi connectivity index (χ4n) is 1.10. The van der Waals surface area contributed by atoms with Gasteiger partial charge in [0.15, 0.2) is 0 Å². The number of amides is 1. The van der Waals surface area contributed by atoms with Gasteiger partial charge in [-0.15, -0.1) is 0 Å². The van der Waals surface area contributed by atoms with E-state index >= 15 is 0 Å². The first-order valence-corrected chi connectivity index (χ1v) is 4.87. The molecule has 0 aliphatic rings. The molecule has 0 bridgehead atoms. The number of H-pyrrole nitrogens is 1. The number of nitrogens with zero attached hydrogens (tertiary/aromatic N) is 3. The van der Waals surface area contributed by atoms with E-state index in [9.17, 15) is 4.79 Å². The number of carbonyl (C=O) groups excluding carboxylic acids is 1. The largest absolute Gasteiger partial charge is 0.347 e. The molecular formula is C9H8ClN5O. The third kappa shape index (κ3) is 2.54. The summed E-state index contributed by atoms with van der Waals surface area (Å²) in [6.45, 7) is 0.306. The lowest BCUT2D eigenvalue weighted by Crippen LogP contribution is -2.24. The van der Waals surface area contributed by atoms with Crippen molar-refractivity contribution in [2.45, 2.75) is 6.54 Å². The van der Waals surface area contributed by atoms with Gasteiger partial charge in [0, 0.05) is 12.4 Å². The molecular weight excluding hydrogens is 230 g/mol. The summed E-state index contributed by atoms with van der Waals surface area (Å²) in [6, 6.07) is 0. The molecule has 2 rings (SSSR count). The number of imidazole rings is 1. The number of aromatic nitrogens is 4. The van der Waals surface area contributed by atoms with Crippen LogP contribution >= 0.6 is 11.6 Å². The van der Waals surface area contributed by atoms with E-state index in [0.29, 0.717) is 12.4 Å². The monoisotopic (exact) mass is 237 g/mol. The van der Waals surface area contributed by atoms with Crippen LogP contribution in [0.4, 0.5) is 0 Å². The lowest BCUT2D eigenvalue weighted by Gasteiger charge is -2.01. The maximum Gasteiger partial charge on any atom is 0.271 e. The summed E-state index contributed by atoms with van der Waals surface area (Å²) in [5.74, 6) is 0.328. The van der Waals surface area contributed by atoms with Crippen LogP contribution in [0.15, 0.2) is 24.8 Å². The molecule has 7 heteroatoms. The van der Waals surface area contributed by atoms with Gasteiger partial charge in [0.05, 0.1) is 18.9 Å². The van der Waals surface area contributed by atoms with E-state index in [2.05, 4.69) is 25.3 Å². The molecule has 2 aromatic rings. The molecule has 0 unspecified atom stereocenters. The van der Waals surface area contributed by atoms with Crippen LogP contribution in [-0.2, 0) is 6.54 Å². The highest BCUT2D eigenvalue weighted by atomic mass is 35.5. The number of hydrogen-bond donors (Lipinski definition) is 2. The first kappa shape index (κ1) is 10.6. The van der Waals surface area contributed by atoms with E-state index in [0.717, 1.165) is 0 Å². The predicted octanol–water partition coefficient (Wildman–Crippen LogP) is 0.783. The van der Waals surface area contributed by atoms with Crippen LogP contribution in [-0.4, -0.2) is 25.8 Å². The average molecular weight is 238 g/mol. The van der Waals surface area contributed by atoms with Crippen molar-refractivity contribution in [1.82, 2.24) is 25.3 Å². The van der Waals surface area contributed by atoms with Gasteiger partial charge in [-0.2, -0.15) is 0 Å². The summed E-state index contributed by atoms with van der Waals surface area (Å²) in [4.78, 5) is 26.0. The van der Waals surface area contributed by atoms with Crippen LogP contribution in [0.2, 0.25) is 5.15 Å². The van der Waals surface area contributed by atoms with Crippen molar-refractivity contribution >= 4 is 17.5 Å². The van der Waals surface area contributed by atoms with Crippen LogP contribution < -0.4 is 5.32 Å². The molecule has 82 valence electrons. The molecule has 2 heterocycles. The molecule has 2 N–H and O–H groups in total. The summed E-state index contributed by atoms with van der Waals surface area (Å²) < 4.78 is 0. The zero-order chi connectivity index (χ0) is 11.4. The molecule has 0 aliphatic heterocycles. The lowest BCUT2D eigenvalue weighted by molar-refractivity contribution is 0.0944. The Morgan fingerprint density at radius 1 is 1.50 bits per heavy atom. The molecule has 0 radical (unpaired) electrons. The van der Waals surface area contributed by atoms with Crippen LogP contribution in [0.5, 0.6) is 0 Å². The standard InChI is InChI=1S/C9H8ClN5O/c10-7-4-11-3-6(15-7)9(16)14-5-8-12-1-2-13-8/h1-4H,5H2,(H,12,13)(H,14,16). The van der Waals surface area contributed by atoms with Crippen molar-refractivity contribution in [3.8, 4) is 0 Å². The van der Waals surface area contributed by atoms with Gasteiger partial charge in [-0.1, -0.05) is 11.6 Å². The molecule has 1 amide bonds. The maximum atomic E-state index is 11.6. The number of nitrogens with one attached hydrogen (secondary N) is 2. The van der Waals surface area contributed by atoms with Crippen LogP contribution in [0.3, 0.4) is 0 Å². The Kier molecular flexibility index (Phi) is 3.11. The lowest BCUT2D eigenvalue weighted by atomic mass is 10.4. The quantitative estimate of drug-likeness (QED) is 0.827. The van der Waals surface area contributed by atoms with Crippen LogP contribution in [0.1, 0.15) is 16.3 Å². The summed E-state index contributed by atoms with van der Waals surface area (Å²) in [6.07, 6.45) is 6.01. The topological polar surface area (TPSA) is 83.6 Å². The summed E-state index contributed by atoms with van der Waals surface area (Å²) in [5.41, 5.74) is 0.180. The Bertz CT molecular complexity index is 484. The van der Waals surface area contributed by atoms with E-state index < -0.39 is 0 Å². The molecule has 0 fully saturated rings. The van der Waals surface area contributed by atoms with E-state index in [4.69, 9.17) is 11.6 Å². The molecule has 0 atom stereocenters. The van der Waals surface area contributed by atoms with Crippen molar-refractivity contribution in [1.29, 1.82) is 0 Å². The van der Waals surface area contributed by atoms with Crippen molar-refractivity contribution in [2.75, 3.05) is 0 Å². The number of rotatable bonds is 3. The smallest absolute Gasteiger partial charge is 0.271 e. The second-order valence-electron chi connectivity index (χ2n) is 2.95. The molecule has 0 aliphatic carbocycles. The molecule has 0 aromatic carbocycles. The van der Waals surface area contributed by atoms with Crippen molar-refractivity contribution in [3.63, 3.8) is 0 Å². The van der Waals surface area contributed by atoms with Gasteiger partial charge in [0.1, 0.15) is 16.7 Å². The molecule has 0 spiro atoms. The second kappa shape index (κ2) is 4.71. The van der Waals surface area contributed by atoms with Gasteiger partial charge in [-0.25, -0.2) is 9.97 Å². The van der Waals surface area contributed by atoms with Gasteiger partial charge >= 0.3 is 0 Å². The Morgan fingerprint density at radius 2 is 2.38 bits per heavy atom. The molecule has 16 heavy (non-hydrogen) atoms. The van der Waals surface area contributed by atoms with Crippen molar-refractivity contribution in [3.05, 3.63) is 41.5 Å². The first-order chi connectivity index (χ1) is 7.75. The zero-order valence-corrected chi connectivity index (χ0v) is 8.90. The van der Waals surface area contributed by atoms with E-state index in [1.165, 1.54) is 12.4 Å². The molecule has 2 aromatic heterocycles. The van der Waals surface area contributed by atoms with Gasteiger partial charge in [-0.3, -0.25) is 9.78 Å². The highest BCUT2D eigenvalue weighted by Gasteiger charge is 2.08. The summed E-state index contributed by atoms with van der Waals surface area (Å²) in [7, 11) is 0. The maximum absolute atomic E-state index is 11.6. The minimum atomic E-state index is -0.341. The summed E-state index contributed by atoms with van der Waals surface area (Å²) >= 11 is 5.62. The van der Waals surface area contributed by atoms with E-state index in [1.54, 1.807) is 12.4 Å². The first-order valence-electron chi connectivity index (χ1n) is 4.49.